The maximum Gasteiger partial charge on any atom is 0.174 e. The third kappa shape index (κ3) is 3.85. The zero-order valence-electron chi connectivity index (χ0n) is 21.0. The van der Waals surface area contributed by atoms with Crippen molar-refractivity contribution in [1.82, 2.24) is 0 Å². The maximum atomic E-state index is 5.74. The average molecular weight is 504 g/mol. The highest BCUT2D eigenvalue weighted by Gasteiger charge is 2.35. The number of rotatable bonds is 6. The minimum absolute atomic E-state index is 0.436. The van der Waals surface area contributed by atoms with Crippen LogP contribution in [0.1, 0.15) is 0 Å². The van der Waals surface area contributed by atoms with E-state index >= 15 is 0 Å². The van der Waals surface area contributed by atoms with Gasteiger partial charge in [-0.3, -0.25) is 0 Å². The normalized spacial score (nSPS) is 11.4. The number of benzene rings is 6. The number of ether oxygens (including phenoxy) is 3. The lowest BCUT2D eigenvalue weighted by atomic mass is 10.1. The molecule has 6 rings (SSSR count). The Morgan fingerprint density at radius 3 is 0.892 bits per heavy atom. The van der Waals surface area contributed by atoms with Crippen molar-refractivity contribution in [3.05, 3.63) is 109 Å². The van der Waals surface area contributed by atoms with Crippen LogP contribution in [0.5, 0.6) is 17.2 Å². The third-order valence-electron chi connectivity index (χ3n) is 6.85. The van der Waals surface area contributed by atoms with Gasteiger partial charge in [-0.15, -0.1) is 0 Å². The molecule has 182 valence electrons. The molecule has 0 aliphatic carbocycles. The summed E-state index contributed by atoms with van der Waals surface area (Å²) in [5, 5.41) is 6.88. The fraction of sp³-hybridized carbons (Fsp3) is 0.0909. The van der Waals surface area contributed by atoms with Gasteiger partial charge >= 0.3 is 0 Å². The molecule has 0 atom stereocenters. The van der Waals surface area contributed by atoms with Crippen molar-refractivity contribution < 1.29 is 14.2 Å². The molecule has 0 aromatic heterocycles. The fourth-order valence-corrected chi connectivity index (χ4v) is 7.67. The van der Waals surface area contributed by atoms with E-state index in [1.165, 1.54) is 30.8 Å². The van der Waals surface area contributed by atoms with Crippen LogP contribution in [0, 0.1) is 0 Å². The Bertz CT molecular complexity index is 1550. The van der Waals surface area contributed by atoms with Crippen molar-refractivity contribution in [2.75, 3.05) is 21.3 Å². The molecular weight excluding hydrogens is 476 g/mol. The number of hydrogen-bond acceptors (Lipinski definition) is 3. The average Bonchev–Trinajstić information content (AvgIpc) is 2.97. The SMILES string of the molecule is COc1ccc([S+](c2ccc(OC)c3ccccc23)c2ccc(OC)c3ccccc23)c2ccccc12. The molecule has 0 bridgehead atoms. The van der Waals surface area contributed by atoms with Gasteiger partial charge in [0.25, 0.3) is 0 Å². The molecule has 0 spiro atoms. The standard InChI is InChI=1S/C33H27O3S/c1-34-28-16-19-31(25-13-7-4-10-22(25)28)37(32-20-17-29(35-2)23-11-5-8-14-26(23)32)33-21-18-30(36-3)24-12-6-9-15-27(24)33/h4-21H,1-3H3/q+1. The highest BCUT2D eigenvalue weighted by molar-refractivity contribution is 7.97. The van der Waals surface area contributed by atoms with Crippen molar-refractivity contribution in [1.29, 1.82) is 0 Å². The largest absolute Gasteiger partial charge is 0.496 e. The topological polar surface area (TPSA) is 27.7 Å². The van der Waals surface area contributed by atoms with E-state index in [1.54, 1.807) is 21.3 Å². The van der Waals surface area contributed by atoms with Crippen molar-refractivity contribution >= 4 is 43.2 Å². The van der Waals surface area contributed by atoms with E-state index < -0.39 is 10.9 Å². The summed E-state index contributed by atoms with van der Waals surface area (Å²) >= 11 is 0. The maximum absolute atomic E-state index is 5.74. The molecule has 0 heterocycles. The highest BCUT2D eigenvalue weighted by atomic mass is 32.2. The van der Waals surface area contributed by atoms with Crippen LogP contribution < -0.4 is 14.2 Å². The molecule has 3 nitrogen and oxygen atoms in total. The fourth-order valence-electron chi connectivity index (χ4n) is 5.15. The summed E-state index contributed by atoms with van der Waals surface area (Å²) in [5.74, 6) is 2.63. The lowest BCUT2D eigenvalue weighted by molar-refractivity contribution is 0.419. The lowest BCUT2D eigenvalue weighted by Gasteiger charge is -2.17. The van der Waals surface area contributed by atoms with E-state index in [9.17, 15) is 0 Å². The molecule has 0 saturated carbocycles. The number of fused-ring (bicyclic) bond motifs is 3. The summed E-state index contributed by atoms with van der Waals surface area (Å²) in [6, 6.07) is 38.5. The van der Waals surface area contributed by atoms with Crippen LogP contribution in [-0.2, 0) is 10.9 Å². The molecule has 0 N–H and O–H groups in total. The van der Waals surface area contributed by atoms with E-state index in [1.807, 2.05) is 0 Å². The molecule has 6 aromatic carbocycles. The molecule has 0 amide bonds. The van der Waals surface area contributed by atoms with Gasteiger partial charge < -0.3 is 14.2 Å². The Morgan fingerprint density at radius 2 is 0.622 bits per heavy atom. The van der Waals surface area contributed by atoms with Gasteiger partial charge in [0.15, 0.2) is 14.7 Å². The molecule has 0 fully saturated rings. The van der Waals surface area contributed by atoms with Crippen LogP contribution in [0.25, 0.3) is 32.3 Å². The first-order valence-electron chi connectivity index (χ1n) is 12.2. The van der Waals surface area contributed by atoms with Crippen LogP contribution in [0.15, 0.2) is 124 Å². The summed E-state index contributed by atoms with van der Waals surface area (Å²) in [6.07, 6.45) is 0. The monoisotopic (exact) mass is 503 g/mol. The summed E-state index contributed by atoms with van der Waals surface area (Å²) in [5.41, 5.74) is 0. The Labute approximate surface area is 219 Å². The number of methoxy groups -OCH3 is 3. The Balaban J connectivity index is 1.75. The minimum atomic E-state index is -0.436. The van der Waals surface area contributed by atoms with E-state index in [2.05, 4.69) is 109 Å². The molecule has 0 radical (unpaired) electrons. The second kappa shape index (κ2) is 9.72. The Hall–Kier alpha value is -4.15. The second-order valence-electron chi connectivity index (χ2n) is 8.74. The van der Waals surface area contributed by atoms with Gasteiger partial charge in [-0.05, 0) is 54.6 Å². The quantitative estimate of drug-likeness (QED) is 0.214. The third-order valence-corrected chi connectivity index (χ3v) is 9.24. The van der Waals surface area contributed by atoms with Gasteiger partial charge in [-0.25, -0.2) is 0 Å². The first-order chi connectivity index (χ1) is 18.2. The van der Waals surface area contributed by atoms with E-state index in [0.717, 1.165) is 33.4 Å². The molecule has 0 aliphatic rings. The first-order valence-corrected chi connectivity index (χ1v) is 13.4. The van der Waals surface area contributed by atoms with Crippen LogP contribution in [-0.4, -0.2) is 21.3 Å². The molecular formula is C33H27O3S+. The van der Waals surface area contributed by atoms with Crippen molar-refractivity contribution in [3.8, 4) is 17.2 Å². The van der Waals surface area contributed by atoms with Crippen molar-refractivity contribution in [2.45, 2.75) is 14.7 Å². The summed E-state index contributed by atoms with van der Waals surface area (Å²) in [7, 11) is 4.76. The van der Waals surface area contributed by atoms with E-state index in [4.69, 9.17) is 14.2 Å². The second-order valence-corrected chi connectivity index (χ2v) is 10.7. The van der Waals surface area contributed by atoms with Gasteiger partial charge in [0.1, 0.15) is 28.1 Å². The molecule has 0 unspecified atom stereocenters. The van der Waals surface area contributed by atoms with Gasteiger partial charge in [0.05, 0.1) is 21.3 Å². The minimum Gasteiger partial charge on any atom is -0.496 e. The lowest BCUT2D eigenvalue weighted by Crippen LogP contribution is -2.08. The van der Waals surface area contributed by atoms with E-state index in [-0.39, 0.29) is 0 Å². The van der Waals surface area contributed by atoms with Gasteiger partial charge in [0, 0.05) is 32.3 Å². The smallest absolute Gasteiger partial charge is 0.174 e. The molecule has 6 aromatic rings. The summed E-state index contributed by atoms with van der Waals surface area (Å²) in [4.78, 5) is 3.76. The van der Waals surface area contributed by atoms with Gasteiger partial charge in [-0.1, -0.05) is 54.6 Å². The van der Waals surface area contributed by atoms with Crippen LogP contribution in [0.4, 0.5) is 0 Å². The molecule has 37 heavy (non-hydrogen) atoms. The Kier molecular flexibility index (Phi) is 6.11. The van der Waals surface area contributed by atoms with Crippen molar-refractivity contribution in [3.63, 3.8) is 0 Å². The molecule has 0 saturated heterocycles. The summed E-state index contributed by atoms with van der Waals surface area (Å²) in [6.45, 7) is 0. The molecule has 4 heteroatoms. The van der Waals surface area contributed by atoms with Crippen LogP contribution >= 0.6 is 0 Å². The zero-order chi connectivity index (χ0) is 25.4. The number of hydrogen-bond donors (Lipinski definition) is 0. The van der Waals surface area contributed by atoms with Crippen LogP contribution in [0.2, 0.25) is 0 Å². The first kappa shape index (κ1) is 23.3. The predicted octanol–water partition coefficient (Wildman–Crippen LogP) is 8.27. The van der Waals surface area contributed by atoms with E-state index in [0.29, 0.717) is 0 Å². The predicted molar refractivity (Wildman–Crippen MR) is 154 cm³/mol. The zero-order valence-corrected chi connectivity index (χ0v) is 21.8. The van der Waals surface area contributed by atoms with Gasteiger partial charge in [0.2, 0.25) is 0 Å². The van der Waals surface area contributed by atoms with Crippen molar-refractivity contribution in [2.24, 2.45) is 0 Å². The highest BCUT2D eigenvalue weighted by Crippen LogP contribution is 2.45. The van der Waals surface area contributed by atoms with Gasteiger partial charge in [-0.2, -0.15) is 0 Å². The summed E-state index contributed by atoms with van der Waals surface area (Å²) < 4.78 is 17.2. The Morgan fingerprint density at radius 1 is 0.351 bits per heavy atom. The molecule has 0 aliphatic heterocycles. The van der Waals surface area contributed by atoms with Crippen LogP contribution in [0.3, 0.4) is 0 Å².